The van der Waals surface area contributed by atoms with Crippen molar-refractivity contribution in [1.82, 2.24) is 5.32 Å². The fourth-order valence-electron chi connectivity index (χ4n) is 1.31. The number of carbonyl (C=O) groups excluding carboxylic acids is 1. The highest BCUT2D eigenvalue weighted by Crippen LogP contribution is 2.20. The van der Waals surface area contributed by atoms with E-state index in [4.69, 9.17) is 22.1 Å². The van der Waals surface area contributed by atoms with E-state index in [1.807, 2.05) is 6.92 Å². The highest BCUT2D eigenvalue weighted by atomic mass is 35.5. The Balaban J connectivity index is 2.44. The molecule has 3 N–H and O–H groups in total. The molecule has 0 unspecified atom stereocenters. The van der Waals surface area contributed by atoms with E-state index in [2.05, 4.69) is 5.32 Å². The number of nitrogens with two attached hydrogens (primary N) is 1. The molecule has 1 amide bonds. The molecule has 0 spiro atoms. The average molecular weight is 275 g/mol. The van der Waals surface area contributed by atoms with Gasteiger partial charge >= 0.3 is 0 Å². The Morgan fingerprint density at radius 1 is 1.61 bits per heavy atom. The molecule has 6 heteroatoms. The largest absolute Gasteiger partial charge is 0.484 e. The Morgan fingerprint density at radius 2 is 2.33 bits per heavy atom. The minimum atomic E-state index is -0.581. The SMILES string of the molecule is CC[C@H](CN)NC(=O)COc1ccc(Cl)c(F)c1. The summed E-state index contributed by atoms with van der Waals surface area (Å²) in [5, 5.41) is 2.72. The van der Waals surface area contributed by atoms with E-state index in [9.17, 15) is 9.18 Å². The van der Waals surface area contributed by atoms with Crippen molar-refractivity contribution in [3.63, 3.8) is 0 Å². The molecule has 1 atom stereocenters. The Labute approximate surface area is 110 Å². The third-order valence-corrected chi connectivity index (χ3v) is 2.71. The van der Waals surface area contributed by atoms with Gasteiger partial charge in [-0.2, -0.15) is 0 Å². The van der Waals surface area contributed by atoms with Crippen LogP contribution in [0.5, 0.6) is 5.75 Å². The monoisotopic (exact) mass is 274 g/mol. The summed E-state index contributed by atoms with van der Waals surface area (Å²) in [4.78, 5) is 11.5. The first-order valence-electron chi connectivity index (χ1n) is 5.64. The van der Waals surface area contributed by atoms with E-state index in [0.29, 0.717) is 6.54 Å². The molecule has 100 valence electrons. The van der Waals surface area contributed by atoms with Gasteiger partial charge in [-0.25, -0.2) is 4.39 Å². The third-order valence-electron chi connectivity index (χ3n) is 2.40. The fraction of sp³-hybridized carbons (Fsp3) is 0.417. The van der Waals surface area contributed by atoms with Crippen molar-refractivity contribution in [2.24, 2.45) is 5.73 Å². The van der Waals surface area contributed by atoms with E-state index in [1.165, 1.54) is 12.1 Å². The van der Waals surface area contributed by atoms with Gasteiger partial charge in [0.1, 0.15) is 11.6 Å². The average Bonchev–Trinajstić information content (AvgIpc) is 2.37. The van der Waals surface area contributed by atoms with Crippen LogP contribution in [-0.2, 0) is 4.79 Å². The zero-order chi connectivity index (χ0) is 13.5. The van der Waals surface area contributed by atoms with Gasteiger partial charge in [-0.1, -0.05) is 18.5 Å². The molecule has 0 saturated carbocycles. The van der Waals surface area contributed by atoms with Gasteiger partial charge in [-0.05, 0) is 18.6 Å². The number of carbonyl (C=O) groups is 1. The number of amides is 1. The van der Waals surface area contributed by atoms with Gasteiger partial charge in [0.2, 0.25) is 0 Å². The number of ether oxygens (including phenoxy) is 1. The smallest absolute Gasteiger partial charge is 0.258 e. The normalized spacial score (nSPS) is 12.0. The minimum Gasteiger partial charge on any atom is -0.484 e. The van der Waals surface area contributed by atoms with Gasteiger partial charge in [-0.3, -0.25) is 4.79 Å². The Bertz CT molecular complexity index is 411. The van der Waals surface area contributed by atoms with Crippen molar-refractivity contribution in [2.75, 3.05) is 13.2 Å². The molecule has 18 heavy (non-hydrogen) atoms. The molecule has 0 aliphatic heterocycles. The highest BCUT2D eigenvalue weighted by Gasteiger charge is 2.09. The van der Waals surface area contributed by atoms with Crippen molar-refractivity contribution in [1.29, 1.82) is 0 Å². The first kappa shape index (κ1) is 14.7. The Kier molecular flexibility index (Phi) is 5.88. The minimum absolute atomic E-state index is 0.0148. The third kappa shape index (κ3) is 4.50. The van der Waals surface area contributed by atoms with Crippen molar-refractivity contribution in [2.45, 2.75) is 19.4 Å². The number of hydrogen-bond donors (Lipinski definition) is 2. The Morgan fingerprint density at radius 3 is 2.89 bits per heavy atom. The van der Waals surface area contributed by atoms with Crippen LogP contribution in [0.2, 0.25) is 5.02 Å². The van der Waals surface area contributed by atoms with Crippen molar-refractivity contribution in [3.05, 3.63) is 29.0 Å². The molecule has 0 aromatic heterocycles. The van der Waals surface area contributed by atoms with Crippen molar-refractivity contribution < 1.29 is 13.9 Å². The summed E-state index contributed by atoms with van der Waals surface area (Å²) in [7, 11) is 0. The number of halogens is 2. The van der Waals surface area contributed by atoms with Crippen LogP contribution in [0.4, 0.5) is 4.39 Å². The first-order chi connectivity index (χ1) is 8.56. The van der Waals surface area contributed by atoms with E-state index < -0.39 is 5.82 Å². The molecular weight excluding hydrogens is 259 g/mol. The fourth-order valence-corrected chi connectivity index (χ4v) is 1.43. The van der Waals surface area contributed by atoms with E-state index >= 15 is 0 Å². The van der Waals surface area contributed by atoms with Gasteiger partial charge in [0.05, 0.1) is 5.02 Å². The molecule has 1 rings (SSSR count). The lowest BCUT2D eigenvalue weighted by atomic mass is 10.2. The number of hydrogen-bond acceptors (Lipinski definition) is 3. The molecule has 0 aliphatic carbocycles. The summed E-state index contributed by atoms with van der Waals surface area (Å²) in [5.74, 6) is -0.613. The van der Waals surface area contributed by atoms with Gasteiger partial charge in [-0.15, -0.1) is 0 Å². The molecule has 0 aliphatic rings. The zero-order valence-electron chi connectivity index (χ0n) is 10.1. The van der Waals surface area contributed by atoms with Crippen molar-refractivity contribution in [3.8, 4) is 5.75 Å². The van der Waals surface area contributed by atoms with Crippen LogP contribution >= 0.6 is 11.6 Å². The topological polar surface area (TPSA) is 64.3 Å². The molecule has 0 saturated heterocycles. The zero-order valence-corrected chi connectivity index (χ0v) is 10.8. The first-order valence-corrected chi connectivity index (χ1v) is 6.01. The van der Waals surface area contributed by atoms with Gasteiger partial charge < -0.3 is 15.8 Å². The quantitative estimate of drug-likeness (QED) is 0.830. The summed E-state index contributed by atoms with van der Waals surface area (Å²) in [6, 6.07) is 3.94. The van der Waals surface area contributed by atoms with Crippen LogP contribution in [0.1, 0.15) is 13.3 Å². The molecule has 0 bridgehead atoms. The van der Waals surface area contributed by atoms with Crippen LogP contribution in [0.15, 0.2) is 18.2 Å². The molecule has 1 aromatic carbocycles. The van der Waals surface area contributed by atoms with Gasteiger partial charge in [0.15, 0.2) is 6.61 Å². The molecule has 4 nitrogen and oxygen atoms in total. The summed E-state index contributed by atoms with van der Waals surface area (Å²) in [6.07, 6.45) is 0.748. The van der Waals surface area contributed by atoms with E-state index in [1.54, 1.807) is 0 Å². The molecular formula is C12H16ClFN2O2. The molecule has 0 heterocycles. The lowest BCUT2D eigenvalue weighted by Gasteiger charge is -2.14. The second-order valence-corrected chi connectivity index (χ2v) is 4.18. The van der Waals surface area contributed by atoms with Crippen molar-refractivity contribution >= 4 is 17.5 Å². The number of nitrogens with one attached hydrogen (secondary N) is 1. The second-order valence-electron chi connectivity index (χ2n) is 3.77. The lowest BCUT2D eigenvalue weighted by Crippen LogP contribution is -2.41. The van der Waals surface area contributed by atoms with Crippen LogP contribution in [0.3, 0.4) is 0 Å². The molecule has 0 fully saturated rings. The maximum atomic E-state index is 13.1. The Hall–Kier alpha value is -1.33. The number of benzene rings is 1. The predicted molar refractivity (Wildman–Crippen MR) is 68.2 cm³/mol. The summed E-state index contributed by atoms with van der Waals surface area (Å²) in [5.41, 5.74) is 5.46. The summed E-state index contributed by atoms with van der Waals surface area (Å²) < 4.78 is 18.2. The van der Waals surface area contributed by atoms with Crippen LogP contribution < -0.4 is 15.8 Å². The van der Waals surface area contributed by atoms with Gasteiger partial charge in [0, 0.05) is 18.7 Å². The summed E-state index contributed by atoms with van der Waals surface area (Å²) >= 11 is 5.53. The number of rotatable bonds is 6. The van der Waals surface area contributed by atoms with E-state index in [-0.39, 0.29) is 29.3 Å². The van der Waals surface area contributed by atoms with Crippen LogP contribution in [0, 0.1) is 5.82 Å². The second kappa shape index (κ2) is 7.18. The van der Waals surface area contributed by atoms with Crippen LogP contribution in [0.25, 0.3) is 0 Å². The maximum absolute atomic E-state index is 13.1. The standard InChI is InChI=1S/C12H16ClFN2O2/c1-2-8(6-15)16-12(17)7-18-9-3-4-10(13)11(14)5-9/h3-5,8H,2,6-7,15H2,1H3,(H,16,17)/t8-/m1/s1. The van der Waals surface area contributed by atoms with Crippen LogP contribution in [-0.4, -0.2) is 25.1 Å². The molecule has 0 radical (unpaired) electrons. The van der Waals surface area contributed by atoms with Gasteiger partial charge in [0.25, 0.3) is 5.91 Å². The summed E-state index contributed by atoms with van der Waals surface area (Å²) in [6.45, 7) is 2.11. The molecule has 1 aromatic rings. The lowest BCUT2D eigenvalue weighted by molar-refractivity contribution is -0.123. The highest BCUT2D eigenvalue weighted by molar-refractivity contribution is 6.30. The maximum Gasteiger partial charge on any atom is 0.258 e. The van der Waals surface area contributed by atoms with E-state index in [0.717, 1.165) is 12.5 Å². The predicted octanol–water partition coefficient (Wildman–Crippen LogP) is 1.71.